The van der Waals surface area contributed by atoms with Gasteiger partial charge in [0.05, 0.1) is 22.7 Å². The number of rotatable bonds is 4. The Bertz CT molecular complexity index is 556. The molecule has 0 saturated carbocycles. The second kappa shape index (κ2) is 5.28. The average molecular weight is 296 g/mol. The van der Waals surface area contributed by atoms with E-state index in [0.717, 1.165) is 6.26 Å². The van der Waals surface area contributed by atoms with Crippen LogP contribution in [0.4, 0.5) is 24.5 Å². The van der Waals surface area contributed by atoms with E-state index in [1.54, 1.807) is 0 Å². The number of hydrogen-bond acceptors (Lipinski definition) is 4. The van der Waals surface area contributed by atoms with E-state index in [2.05, 4.69) is 5.32 Å². The number of nitrogen functional groups attached to an aromatic ring is 1. The van der Waals surface area contributed by atoms with Crippen LogP contribution in [0.25, 0.3) is 0 Å². The van der Waals surface area contributed by atoms with Gasteiger partial charge in [0.25, 0.3) is 0 Å². The first-order chi connectivity index (χ1) is 8.50. The van der Waals surface area contributed by atoms with Gasteiger partial charge in [0.2, 0.25) is 0 Å². The first-order valence-electron chi connectivity index (χ1n) is 5.42. The van der Waals surface area contributed by atoms with Crippen LogP contribution in [0.5, 0.6) is 0 Å². The monoisotopic (exact) mass is 296 g/mol. The second-order valence-electron chi connectivity index (χ2n) is 4.35. The maximum Gasteiger partial charge on any atom is 0.391 e. The van der Waals surface area contributed by atoms with Crippen LogP contribution in [0.1, 0.15) is 13.3 Å². The number of hydrogen-bond donors (Lipinski definition) is 2. The van der Waals surface area contributed by atoms with Crippen LogP contribution < -0.4 is 11.1 Å². The molecule has 8 heteroatoms. The van der Waals surface area contributed by atoms with Crippen LogP contribution in [-0.2, 0) is 9.84 Å². The summed E-state index contributed by atoms with van der Waals surface area (Å²) < 4.78 is 59.5. The molecule has 0 amide bonds. The Labute approximate surface area is 109 Å². The van der Waals surface area contributed by atoms with E-state index in [0.29, 0.717) is 0 Å². The highest BCUT2D eigenvalue weighted by molar-refractivity contribution is 7.90. The molecule has 0 aromatic heterocycles. The molecule has 0 radical (unpaired) electrons. The van der Waals surface area contributed by atoms with Crippen LogP contribution in [0.15, 0.2) is 23.1 Å². The lowest BCUT2D eigenvalue weighted by Gasteiger charge is -2.19. The minimum atomic E-state index is -4.30. The predicted molar refractivity (Wildman–Crippen MR) is 67.7 cm³/mol. The Morgan fingerprint density at radius 3 is 2.42 bits per heavy atom. The van der Waals surface area contributed by atoms with Gasteiger partial charge in [0, 0.05) is 12.3 Å². The van der Waals surface area contributed by atoms with E-state index in [9.17, 15) is 21.6 Å². The van der Waals surface area contributed by atoms with Crippen molar-refractivity contribution < 1.29 is 21.6 Å². The topological polar surface area (TPSA) is 72.2 Å². The molecule has 0 spiro atoms. The fourth-order valence-electron chi connectivity index (χ4n) is 1.66. The van der Waals surface area contributed by atoms with Gasteiger partial charge in [-0.15, -0.1) is 0 Å². The first kappa shape index (κ1) is 15.6. The van der Waals surface area contributed by atoms with Crippen molar-refractivity contribution in [3.63, 3.8) is 0 Å². The van der Waals surface area contributed by atoms with Crippen LogP contribution in [-0.4, -0.2) is 26.9 Å². The molecule has 1 unspecified atom stereocenters. The van der Waals surface area contributed by atoms with Gasteiger partial charge in [-0.1, -0.05) is 6.07 Å². The number of nitrogens with two attached hydrogens (primary N) is 1. The van der Waals surface area contributed by atoms with Crippen LogP contribution in [0.2, 0.25) is 0 Å². The molecule has 0 aliphatic heterocycles. The molecule has 0 aliphatic carbocycles. The maximum absolute atomic E-state index is 12.2. The average Bonchev–Trinajstić information content (AvgIpc) is 2.16. The van der Waals surface area contributed by atoms with Crippen LogP contribution in [0.3, 0.4) is 0 Å². The molecule has 1 aromatic carbocycles. The van der Waals surface area contributed by atoms with Crippen molar-refractivity contribution in [2.45, 2.75) is 30.5 Å². The highest BCUT2D eigenvalue weighted by Crippen LogP contribution is 2.29. The van der Waals surface area contributed by atoms with Gasteiger partial charge in [-0.05, 0) is 19.1 Å². The van der Waals surface area contributed by atoms with E-state index in [4.69, 9.17) is 5.73 Å². The molecule has 0 heterocycles. The lowest BCUT2D eigenvalue weighted by molar-refractivity contribution is -0.136. The Kier molecular flexibility index (Phi) is 4.34. The Morgan fingerprint density at radius 2 is 1.95 bits per heavy atom. The maximum atomic E-state index is 12.2. The third-order valence-corrected chi connectivity index (χ3v) is 3.56. The number of alkyl halides is 3. The zero-order chi connectivity index (χ0) is 14.8. The van der Waals surface area contributed by atoms with Crippen LogP contribution in [0, 0.1) is 0 Å². The first-order valence-corrected chi connectivity index (χ1v) is 7.31. The lowest BCUT2D eigenvalue weighted by Crippen LogP contribution is -2.24. The Morgan fingerprint density at radius 1 is 1.37 bits per heavy atom. The van der Waals surface area contributed by atoms with Gasteiger partial charge in [-0.2, -0.15) is 13.2 Å². The predicted octanol–water partition coefficient (Wildman–Crippen LogP) is 2.43. The van der Waals surface area contributed by atoms with Crippen LogP contribution >= 0.6 is 0 Å². The molecule has 1 atom stereocenters. The van der Waals surface area contributed by atoms with Crippen molar-refractivity contribution in [1.29, 1.82) is 0 Å². The zero-order valence-corrected chi connectivity index (χ0v) is 11.3. The summed E-state index contributed by atoms with van der Waals surface area (Å²) in [5.74, 6) is 0. The number of anilines is 2. The van der Waals surface area contributed by atoms with Crippen molar-refractivity contribution in [1.82, 2.24) is 0 Å². The number of para-hydroxylation sites is 1. The SMILES string of the molecule is CC(CC(F)(F)F)Nc1cccc(S(C)(=O)=O)c1N. The molecule has 19 heavy (non-hydrogen) atoms. The van der Waals surface area contributed by atoms with Crippen molar-refractivity contribution in [2.75, 3.05) is 17.3 Å². The number of nitrogens with one attached hydrogen (secondary N) is 1. The van der Waals surface area contributed by atoms with E-state index in [1.807, 2.05) is 0 Å². The summed E-state index contributed by atoms with van der Waals surface area (Å²) in [6.45, 7) is 1.35. The minimum Gasteiger partial charge on any atom is -0.396 e. The molecular formula is C11H15F3N2O2S. The zero-order valence-electron chi connectivity index (χ0n) is 10.5. The second-order valence-corrected chi connectivity index (χ2v) is 6.34. The molecule has 108 valence electrons. The molecule has 1 aromatic rings. The molecule has 0 fully saturated rings. The normalized spacial score (nSPS) is 14.2. The third kappa shape index (κ3) is 4.62. The summed E-state index contributed by atoms with van der Waals surface area (Å²) in [5.41, 5.74) is 5.77. The smallest absolute Gasteiger partial charge is 0.391 e. The molecule has 1 rings (SSSR count). The van der Waals surface area contributed by atoms with Crippen molar-refractivity contribution in [2.24, 2.45) is 0 Å². The fraction of sp³-hybridized carbons (Fsp3) is 0.455. The van der Waals surface area contributed by atoms with Gasteiger partial charge in [-0.3, -0.25) is 0 Å². The van der Waals surface area contributed by atoms with E-state index in [-0.39, 0.29) is 16.3 Å². The number of sulfone groups is 1. The summed E-state index contributed by atoms with van der Waals surface area (Å²) >= 11 is 0. The van der Waals surface area contributed by atoms with Gasteiger partial charge in [0.1, 0.15) is 0 Å². The van der Waals surface area contributed by atoms with Crippen molar-refractivity contribution in [3.05, 3.63) is 18.2 Å². The van der Waals surface area contributed by atoms with E-state index in [1.165, 1.54) is 25.1 Å². The molecule has 3 N–H and O–H groups in total. The minimum absolute atomic E-state index is 0.0703. The van der Waals surface area contributed by atoms with Gasteiger partial charge in [0.15, 0.2) is 9.84 Å². The van der Waals surface area contributed by atoms with Crippen molar-refractivity contribution in [3.8, 4) is 0 Å². The van der Waals surface area contributed by atoms with Gasteiger partial charge in [-0.25, -0.2) is 8.42 Å². The lowest BCUT2D eigenvalue weighted by atomic mass is 10.2. The van der Waals surface area contributed by atoms with E-state index < -0.39 is 28.5 Å². The third-order valence-electron chi connectivity index (χ3n) is 2.41. The van der Waals surface area contributed by atoms with Crippen molar-refractivity contribution >= 4 is 21.2 Å². The highest BCUT2D eigenvalue weighted by atomic mass is 32.2. The quantitative estimate of drug-likeness (QED) is 0.837. The molecule has 4 nitrogen and oxygen atoms in total. The molecule has 0 saturated heterocycles. The summed E-state index contributed by atoms with van der Waals surface area (Å²) in [7, 11) is -3.51. The largest absolute Gasteiger partial charge is 0.396 e. The fourth-order valence-corrected chi connectivity index (χ4v) is 2.49. The summed E-state index contributed by atoms with van der Waals surface area (Å²) in [6, 6.07) is 3.27. The number of halogens is 3. The number of benzene rings is 1. The van der Waals surface area contributed by atoms with Gasteiger partial charge >= 0.3 is 6.18 Å². The standard InChI is InChI=1S/C11H15F3N2O2S/c1-7(6-11(12,13)14)16-8-4-3-5-9(10(8)15)19(2,17)18/h3-5,7,16H,6,15H2,1-2H3. The summed E-state index contributed by atoms with van der Waals surface area (Å²) in [5, 5.41) is 2.57. The molecule has 0 bridgehead atoms. The summed E-state index contributed by atoms with van der Waals surface area (Å²) in [4.78, 5) is -0.100. The van der Waals surface area contributed by atoms with E-state index >= 15 is 0 Å². The molecular weight excluding hydrogens is 281 g/mol. The molecule has 0 aliphatic rings. The summed E-state index contributed by atoms with van der Waals surface area (Å²) in [6.07, 6.45) is -4.34. The Hall–Kier alpha value is -1.44. The highest BCUT2D eigenvalue weighted by Gasteiger charge is 2.30. The Balaban J connectivity index is 2.98. The van der Waals surface area contributed by atoms with Gasteiger partial charge < -0.3 is 11.1 Å².